The lowest BCUT2D eigenvalue weighted by atomic mass is 9.78. The van der Waals surface area contributed by atoms with Gasteiger partial charge in [-0.3, -0.25) is 0 Å². The van der Waals surface area contributed by atoms with Crippen LogP contribution in [0.5, 0.6) is 0 Å². The van der Waals surface area contributed by atoms with Crippen molar-refractivity contribution in [3.05, 3.63) is 35.2 Å². The first-order chi connectivity index (χ1) is 8.87. The van der Waals surface area contributed by atoms with E-state index in [4.69, 9.17) is 4.74 Å². The average molecular weight is 259 g/mol. The van der Waals surface area contributed by atoms with Crippen LogP contribution in [0.3, 0.4) is 0 Å². The Balaban J connectivity index is 1.69. The second-order valence-electron chi connectivity index (χ2n) is 5.57. The summed E-state index contributed by atoms with van der Waals surface area (Å²) in [5.74, 6) is 0. The van der Waals surface area contributed by atoms with Crippen LogP contribution in [0.2, 0.25) is 0 Å². The highest BCUT2D eigenvalue weighted by Gasteiger charge is 2.42. The number of nitrogens with one attached hydrogen (secondary N) is 1. The van der Waals surface area contributed by atoms with Gasteiger partial charge in [0.2, 0.25) is 0 Å². The molecule has 0 bridgehead atoms. The standard InChI is InChI=1S/C15H17NOS/c1-2-4-14-12(3-1)13(7-18-14)15(9-17-10-15)8-16-11-5-6-11/h1-4,7,11,16H,5-6,8-10H2. The summed E-state index contributed by atoms with van der Waals surface area (Å²) >= 11 is 1.86. The molecule has 1 N–H and O–H groups in total. The monoisotopic (exact) mass is 259 g/mol. The smallest absolute Gasteiger partial charge is 0.0598 e. The lowest BCUT2D eigenvalue weighted by Crippen LogP contribution is -2.53. The highest BCUT2D eigenvalue weighted by Crippen LogP contribution is 2.40. The molecule has 0 amide bonds. The van der Waals surface area contributed by atoms with E-state index in [0.717, 1.165) is 25.8 Å². The third-order valence-electron chi connectivity index (χ3n) is 4.12. The molecule has 2 nitrogen and oxygen atoms in total. The van der Waals surface area contributed by atoms with Crippen LogP contribution in [-0.2, 0) is 10.2 Å². The molecule has 2 aliphatic rings. The molecule has 0 spiro atoms. The van der Waals surface area contributed by atoms with Crippen LogP contribution in [0.25, 0.3) is 10.1 Å². The number of hydrogen-bond acceptors (Lipinski definition) is 3. The number of hydrogen-bond donors (Lipinski definition) is 1. The lowest BCUT2D eigenvalue weighted by Gasteiger charge is -2.42. The van der Waals surface area contributed by atoms with Gasteiger partial charge in [-0.2, -0.15) is 0 Å². The zero-order valence-corrected chi connectivity index (χ0v) is 11.1. The van der Waals surface area contributed by atoms with Gasteiger partial charge < -0.3 is 10.1 Å². The van der Waals surface area contributed by atoms with E-state index in [1.807, 2.05) is 11.3 Å². The van der Waals surface area contributed by atoms with Gasteiger partial charge in [-0.15, -0.1) is 11.3 Å². The number of benzene rings is 1. The summed E-state index contributed by atoms with van der Waals surface area (Å²) in [4.78, 5) is 0. The molecule has 2 aromatic rings. The van der Waals surface area contributed by atoms with Gasteiger partial charge in [-0.1, -0.05) is 18.2 Å². The second kappa shape index (κ2) is 4.05. The highest BCUT2D eigenvalue weighted by molar-refractivity contribution is 7.17. The molecule has 0 unspecified atom stereocenters. The lowest BCUT2D eigenvalue weighted by molar-refractivity contribution is -0.0582. The maximum Gasteiger partial charge on any atom is 0.0598 e. The summed E-state index contributed by atoms with van der Waals surface area (Å²) < 4.78 is 6.92. The molecule has 18 heavy (non-hydrogen) atoms. The molecule has 3 heteroatoms. The normalized spacial score (nSPS) is 22.0. The minimum atomic E-state index is 0.224. The van der Waals surface area contributed by atoms with Crippen molar-refractivity contribution >= 4 is 21.4 Å². The molecule has 4 rings (SSSR count). The summed E-state index contributed by atoms with van der Waals surface area (Å²) in [7, 11) is 0. The van der Waals surface area contributed by atoms with Gasteiger partial charge in [0.25, 0.3) is 0 Å². The van der Waals surface area contributed by atoms with E-state index in [1.165, 1.54) is 28.5 Å². The average Bonchev–Trinajstić information content (AvgIpc) is 3.08. The third kappa shape index (κ3) is 1.69. The number of thiophene rings is 1. The second-order valence-corrected chi connectivity index (χ2v) is 6.49. The summed E-state index contributed by atoms with van der Waals surface area (Å²) in [6.07, 6.45) is 2.70. The zero-order chi connectivity index (χ0) is 12.0. The van der Waals surface area contributed by atoms with E-state index in [9.17, 15) is 0 Å². The van der Waals surface area contributed by atoms with Gasteiger partial charge >= 0.3 is 0 Å². The van der Waals surface area contributed by atoms with E-state index >= 15 is 0 Å². The molecular weight excluding hydrogens is 242 g/mol. The van der Waals surface area contributed by atoms with Crippen molar-refractivity contribution in [2.45, 2.75) is 24.3 Å². The summed E-state index contributed by atoms with van der Waals surface area (Å²) in [6.45, 7) is 2.80. The first-order valence-corrected chi connectivity index (χ1v) is 7.53. The Bertz CT molecular complexity index is 569. The quantitative estimate of drug-likeness (QED) is 0.911. The molecule has 1 aromatic carbocycles. The highest BCUT2D eigenvalue weighted by atomic mass is 32.1. The molecule has 1 aliphatic carbocycles. The maximum absolute atomic E-state index is 5.53. The minimum absolute atomic E-state index is 0.224. The van der Waals surface area contributed by atoms with Gasteiger partial charge in [-0.05, 0) is 35.2 Å². The van der Waals surface area contributed by atoms with Gasteiger partial charge in [0.1, 0.15) is 0 Å². The van der Waals surface area contributed by atoms with E-state index in [0.29, 0.717) is 0 Å². The number of ether oxygens (including phenoxy) is 1. The molecule has 0 atom stereocenters. The first-order valence-electron chi connectivity index (χ1n) is 6.65. The summed E-state index contributed by atoms with van der Waals surface area (Å²) in [6, 6.07) is 9.49. The van der Waals surface area contributed by atoms with Gasteiger partial charge in [0.05, 0.1) is 18.6 Å². The van der Waals surface area contributed by atoms with Crippen molar-refractivity contribution < 1.29 is 4.74 Å². The maximum atomic E-state index is 5.53. The van der Waals surface area contributed by atoms with Crippen LogP contribution in [0.15, 0.2) is 29.6 Å². The van der Waals surface area contributed by atoms with Gasteiger partial charge in [0, 0.05) is 17.3 Å². The molecule has 2 heterocycles. The fourth-order valence-corrected chi connectivity index (χ4v) is 3.80. The zero-order valence-electron chi connectivity index (χ0n) is 10.3. The molecule has 1 aromatic heterocycles. The fraction of sp³-hybridized carbons (Fsp3) is 0.467. The van der Waals surface area contributed by atoms with Gasteiger partial charge in [0.15, 0.2) is 0 Å². The Morgan fingerprint density at radius 1 is 1.28 bits per heavy atom. The van der Waals surface area contributed by atoms with E-state index in [1.54, 1.807) is 0 Å². The van der Waals surface area contributed by atoms with Crippen LogP contribution in [0.1, 0.15) is 18.4 Å². The number of rotatable bonds is 4. The van der Waals surface area contributed by atoms with Crippen molar-refractivity contribution in [3.63, 3.8) is 0 Å². The predicted octanol–water partition coefficient (Wildman–Crippen LogP) is 2.92. The van der Waals surface area contributed by atoms with Crippen LogP contribution >= 0.6 is 11.3 Å². The molecule has 0 radical (unpaired) electrons. The molecule has 2 fully saturated rings. The predicted molar refractivity (Wildman–Crippen MR) is 75.3 cm³/mol. The fourth-order valence-electron chi connectivity index (χ4n) is 2.72. The Hall–Kier alpha value is -0.900. The Kier molecular flexibility index (Phi) is 2.47. The van der Waals surface area contributed by atoms with Crippen molar-refractivity contribution in [1.29, 1.82) is 0 Å². The third-order valence-corrected chi connectivity index (χ3v) is 5.08. The van der Waals surface area contributed by atoms with E-state index < -0.39 is 0 Å². The molecule has 1 saturated heterocycles. The van der Waals surface area contributed by atoms with Crippen LogP contribution in [-0.4, -0.2) is 25.8 Å². The van der Waals surface area contributed by atoms with Crippen molar-refractivity contribution in [1.82, 2.24) is 5.32 Å². The SMILES string of the molecule is c1ccc2c(C3(CNC4CC4)COC3)csc2c1. The Labute approximate surface area is 111 Å². The molecule has 1 saturated carbocycles. The summed E-state index contributed by atoms with van der Waals surface area (Å²) in [5.41, 5.74) is 1.71. The van der Waals surface area contributed by atoms with Gasteiger partial charge in [-0.25, -0.2) is 0 Å². The largest absolute Gasteiger partial charge is 0.379 e. The summed E-state index contributed by atoms with van der Waals surface area (Å²) in [5, 5.41) is 7.43. The molecular formula is C15H17NOS. The first kappa shape index (κ1) is 11.0. The van der Waals surface area contributed by atoms with Crippen molar-refractivity contribution in [3.8, 4) is 0 Å². The van der Waals surface area contributed by atoms with Crippen molar-refractivity contribution in [2.75, 3.05) is 19.8 Å². The number of fused-ring (bicyclic) bond motifs is 1. The minimum Gasteiger partial charge on any atom is -0.379 e. The van der Waals surface area contributed by atoms with Crippen LogP contribution in [0.4, 0.5) is 0 Å². The Morgan fingerprint density at radius 3 is 2.83 bits per heavy atom. The topological polar surface area (TPSA) is 21.3 Å². The Morgan fingerprint density at radius 2 is 2.11 bits per heavy atom. The van der Waals surface area contributed by atoms with E-state index in [2.05, 4.69) is 35.0 Å². The molecule has 1 aliphatic heterocycles. The molecule has 94 valence electrons. The van der Waals surface area contributed by atoms with Crippen LogP contribution < -0.4 is 5.32 Å². The van der Waals surface area contributed by atoms with Crippen LogP contribution in [0, 0.1) is 0 Å². The van der Waals surface area contributed by atoms with E-state index in [-0.39, 0.29) is 5.41 Å². The van der Waals surface area contributed by atoms with Crippen molar-refractivity contribution in [2.24, 2.45) is 0 Å².